The number of carbonyl (C=O) groups is 1. The number of nitrogens with two attached hydrogens (primary N) is 1. The normalized spacial score (nSPS) is 11.7. The van der Waals surface area contributed by atoms with Gasteiger partial charge in [0.15, 0.2) is 0 Å². The van der Waals surface area contributed by atoms with E-state index < -0.39 is 5.54 Å². The van der Waals surface area contributed by atoms with Crippen LogP contribution in [-0.4, -0.2) is 20.9 Å². The van der Waals surface area contributed by atoms with E-state index in [1.807, 2.05) is 31.7 Å². The van der Waals surface area contributed by atoms with Crippen LogP contribution in [0.15, 0.2) is 12.4 Å². The van der Waals surface area contributed by atoms with Crippen molar-refractivity contribution in [3.8, 4) is 0 Å². The van der Waals surface area contributed by atoms with Crippen molar-refractivity contribution in [3.63, 3.8) is 0 Å². The van der Waals surface area contributed by atoms with Crippen LogP contribution in [0.3, 0.4) is 0 Å². The summed E-state index contributed by atoms with van der Waals surface area (Å²) in [6.45, 7) is 3.73. The molecule has 0 saturated carbocycles. The molecule has 0 saturated heterocycles. The Kier molecular flexibility index (Phi) is 3.63. The van der Waals surface area contributed by atoms with Crippen LogP contribution in [0.4, 0.5) is 0 Å². The fourth-order valence-corrected chi connectivity index (χ4v) is 1.49. The zero-order valence-electron chi connectivity index (χ0n) is 9.66. The van der Waals surface area contributed by atoms with Crippen molar-refractivity contribution >= 4 is 5.78 Å². The van der Waals surface area contributed by atoms with Gasteiger partial charge in [0, 0.05) is 44.2 Å². The SMILES string of the molecule is Cn1ccnc1CCC(=O)CC(C)(C)N. The average molecular weight is 209 g/mol. The van der Waals surface area contributed by atoms with E-state index >= 15 is 0 Å². The molecule has 1 aromatic rings. The highest BCUT2D eigenvalue weighted by Gasteiger charge is 2.16. The van der Waals surface area contributed by atoms with E-state index in [1.54, 1.807) is 6.20 Å². The van der Waals surface area contributed by atoms with Crippen LogP contribution in [0.25, 0.3) is 0 Å². The van der Waals surface area contributed by atoms with Crippen molar-refractivity contribution in [3.05, 3.63) is 18.2 Å². The average Bonchev–Trinajstić information content (AvgIpc) is 2.44. The molecule has 0 unspecified atom stereocenters. The zero-order chi connectivity index (χ0) is 11.5. The summed E-state index contributed by atoms with van der Waals surface area (Å²) in [5.41, 5.74) is 5.37. The van der Waals surface area contributed by atoms with Gasteiger partial charge in [-0.05, 0) is 13.8 Å². The minimum atomic E-state index is -0.404. The maximum absolute atomic E-state index is 11.5. The van der Waals surface area contributed by atoms with E-state index in [9.17, 15) is 4.79 Å². The van der Waals surface area contributed by atoms with E-state index in [4.69, 9.17) is 5.73 Å². The maximum atomic E-state index is 11.5. The fraction of sp³-hybridized carbons (Fsp3) is 0.636. The summed E-state index contributed by atoms with van der Waals surface area (Å²) in [5, 5.41) is 0. The highest BCUT2D eigenvalue weighted by Crippen LogP contribution is 2.08. The second-order valence-electron chi connectivity index (χ2n) is 4.66. The number of ketones is 1. The molecule has 4 heteroatoms. The molecular formula is C11H19N3O. The van der Waals surface area contributed by atoms with E-state index in [-0.39, 0.29) is 5.78 Å². The lowest BCUT2D eigenvalue weighted by Gasteiger charge is -2.16. The first-order chi connectivity index (χ1) is 6.88. The van der Waals surface area contributed by atoms with Crippen molar-refractivity contribution in [1.29, 1.82) is 0 Å². The molecule has 1 rings (SSSR count). The van der Waals surface area contributed by atoms with Gasteiger partial charge in [-0.15, -0.1) is 0 Å². The Morgan fingerprint density at radius 2 is 2.27 bits per heavy atom. The first-order valence-electron chi connectivity index (χ1n) is 5.15. The van der Waals surface area contributed by atoms with Crippen molar-refractivity contribution in [2.45, 2.75) is 38.6 Å². The summed E-state index contributed by atoms with van der Waals surface area (Å²) in [7, 11) is 1.93. The van der Waals surface area contributed by atoms with Crippen LogP contribution in [0, 0.1) is 0 Å². The first-order valence-corrected chi connectivity index (χ1v) is 5.15. The van der Waals surface area contributed by atoms with Gasteiger partial charge >= 0.3 is 0 Å². The molecule has 1 heterocycles. The predicted molar refractivity (Wildman–Crippen MR) is 59.4 cm³/mol. The van der Waals surface area contributed by atoms with E-state index in [0.717, 1.165) is 5.82 Å². The van der Waals surface area contributed by atoms with Gasteiger partial charge in [-0.3, -0.25) is 4.79 Å². The van der Waals surface area contributed by atoms with Crippen molar-refractivity contribution in [1.82, 2.24) is 9.55 Å². The molecule has 0 aromatic carbocycles. The highest BCUT2D eigenvalue weighted by molar-refractivity contribution is 5.79. The minimum absolute atomic E-state index is 0.200. The largest absolute Gasteiger partial charge is 0.338 e. The molecule has 0 aliphatic carbocycles. The fourth-order valence-electron chi connectivity index (χ4n) is 1.49. The number of Topliss-reactive ketones (excluding diaryl/α,β-unsaturated/α-hetero) is 1. The summed E-state index contributed by atoms with van der Waals surface area (Å²) < 4.78 is 1.93. The third-order valence-corrected chi connectivity index (χ3v) is 2.20. The van der Waals surface area contributed by atoms with Crippen LogP contribution in [0.1, 0.15) is 32.5 Å². The number of aryl methyl sites for hydroxylation is 2. The molecule has 15 heavy (non-hydrogen) atoms. The van der Waals surface area contributed by atoms with E-state index in [0.29, 0.717) is 19.3 Å². The lowest BCUT2D eigenvalue weighted by Crippen LogP contribution is -2.34. The molecule has 0 radical (unpaired) electrons. The van der Waals surface area contributed by atoms with Crippen LogP contribution in [0.2, 0.25) is 0 Å². The Bertz CT molecular complexity index is 336. The number of carbonyl (C=O) groups excluding carboxylic acids is 1. The van der Waals surface area contributed by atoms with Crippen molar-refractivity contribution < 1.29 is 4.79 Å². The number of aromatic nitrogens is 2. The Balaban J connectivity index is 2.38. The quantitative estimate of drug-likeness (QED) is 0.788. The van der Waals surface area contributed by atoms with Gasteiger partial charge in [0.25, 0.3) is 0 Å². The topological polar surface area (TPSA) is 60.9 Å². The number of nitrogens with zero attached hydrogens (tertiary/aromatic N) is 2. The Morgan fingerprint density at radius 3 is 2.73 bits per heavy atom. The summed E-state index contributed by atoms with van der Waals surface area (Å²) in [6.07, 6.45) is 5.26. The monoisotopic (exact) mass is 209 g/mol. The standard InChI is InChI=1S/C11H19N3O/c1-11(2,12)8-9(15)4-5-10-13-6-7-14(10)3/h6-7H,4-5,8,12H2,1-3H3. The second kappa shape index (κ2) is 4.57. The van der Waals surface area contributed by atoms with Crippen LogP contribution in [-0.2, 0) is 18.3 Å². The van der Waals surface area contributed by atoms with Crippen molar-refractivity contribution in [2.24, 2.45) is 12.8 Å². The summed E-state index contributed by atoms with van der Waals surface area (Å²) in [5.74, 6) is 1.14. The molecule has 0 fully saturated rings. The Labute approximate surface area is 90.5 Å². The third-order valence-electron chi connectivity index (χ3n) is 2.20. The number of rotatable bonds is 5. The molecular weight excluding hydrogens is 190 g/mol. The third kappa shape index (κ3) is 4.25. The van der Waals surface area contributed by atoms with Gasteiger partial charge in [-0.25, -0.2) is 4.98 Å². The van der Waals surface area contributed by atoms with Gasteiger partial charge in [-0.1, -0.05) is 0 Å². The summed E-state index contributed by atoms with van der Waals surface area (Å²) >= 11 is 0. The molecule has 1 aromatic heterocycles. The minimum Gasteiger partial charge on any atom is -0.338 e. The van der Waals surface area contributed by atoms with Crippen LogP contribution < -0.4 is 5.73 Å². The molecule has 0 spiro atoms. The molecule has 0 aliphatic rings. The molecule has 2 N–H and O–H groups in total. The van der Waals surface area contributed by atoms with Gasteiger partial charge < -0.3 is 10.3 Å². The molecule has 0 atom stereocenters. The predicted octanol–water partition coefficient (Wildman–Crippen LogP) is 1.05. The van der Waals surface area contributed by atoms with Gasteiger partial charge in [0.05, 0.1) is 0 Å². The summed E-state index contributed by atoms with van der Waals surface area (Å²) in [6, 6.07) is 0. The molecule has 0 aliphatic heterocycles. The molecule has 0 bridgehead atoms. The van der Waals surface area contributed by atoms with Crippen LogP contribution in [0.5, 0.6) is 0 Å². The van der Waals surface area contributed by atoms with E-state index in [1.165, 1.54) is 0 Å². The number of hydrogen-bond acceptors (Lipinski definition) is 3. The van der Waals surface area contributed by atoms with Gasteiger partial charge in [-0.2, -0.15) is 0 Å². The van der Waals surface area contributed by atoms with Crippen LogP contribution >= 0.6 is 0 Å². The lowest BCUT2D eigenvalue weighted by molar-refractivity contribution is -0.119. The molecule has 0 amide bonds. The Hall–Kier alpha value is -1.16. The summed E-state index contributed by atoms with van der Waals surface area (Å²) in [4.78, 5) is 15.7. The highest BCUT2D eigenvalue weighted by atomic mass is 16.1. The molecule has 4 nitrogen and oxygen atoms in total. The van der Waals surface area contributed by atoms with Gasteiger partial charge in [0.2, 0.25) is 0 Å². The molecule has 84 valence electrons. The maximum Gasteiger partial charge on any atom is 0.135 e. The first kappa shape index (κ1) is 11.9. The zero-order valence-corrected chi connectivity index (χ0v) is 9.66. The lowest BCUT2D eigenvalue weighted by atomic mass is 9.97. The smallest absolute Gasteiger partial charge is 0.135 e. The second-order valence-corrected chi connectivity index (χ2v) is 4.66. The Morgan fingerprint density at radius 1 is 1.60 bits per heavy atom. The van der Waals surface area contributed by atoms with Crippen molar-refractivity contribution in [2.75, 3.05) is 0 Å². The number of imidazole rings is 1. The van der Waals surface area contributed by atoms with E-state index in [2.05, 4.69) is 4.98 Å². The number of hydrogen-bond donors (Lipinski definition) is 1. The van der Waals surface area contributed by atoms with Gasteiger partial charge in [0.1, 0.15) is 11.6 Å².